The fourth-order valence-electron chi connectivity index (χ4n) is 9.56. The minimum atomic E-state index is -1.64. The van der Waals surface area contributed by atoms with Crippen molar-refractivity contribution in [1.29, 1.82) is 0 Å². The molecule has 0 unspecified atom stereocenters. The van der Waals surface area contributed by atoms with Gasteiger partial charge in [-0.1, -0.05) is 19.8 Å². The van der Waals surface area contributed by atoms with E-state index in [0.717, 1.165) is 4.90 Å². The summed E-state index contributed by atoms with van der Waals surface area (Å²) in [5, 5.41) is 34.5. The quantitative estimate of drug-likeness (QED) is 0.0164. The number of carbonyl (C=O) groups is 13. The minimum Gasteiger partial charge on any atom is -0.480 e. The number of nitrogens with zero attached hydrogens (tertiary/aromatic N) is 3. The summed E-state index contributed by atoms with van der Waals surface area (Å²) in [5.41, 5.74) is 45.3. The number of nitrogens with two attached hydrogens (primary N) is 8. The zero-order valence-electron chi connectivity index (χ0n) is 51.9. The highest BCUT2D eigenvalue weighted by atomic mass is 16.4. The van der Waals surface area contributed by atoms with Gasteiger partial charge in [0.2, 0.25) is 70.9 Å². The van der Waals surface area contributed by atoms with E-state index in [9.17, 15) is 62.3 Å². The summed E-state index contributed by atoms with van der Waals surface area (Å²) in [6.07, 6.45) is 5.80. The molecule has 36 heteroatoms. The Bertz CT molecular complexity index is 2560. The first-order valence-electron chi connectivity index (χ1n) is 30.7. The van der Waals surface area contributed by atoms with Gasteiger partial charge in [-0.25, -0.2) is 4.98 Å². The van der Waals surface area contributed by atoms with E-state index in [-0.39, 0.29) is 109 Å². The molecule has 12 amide bonds. The van der Waals surface area contributed by atoms with E-state index in [1.807, 2.05) is 6.92 Å². The van der Waals surface area contributed by atoms with Crippen molar-refractivity contribution >= 4 is 82.8 Å². The molecule has 0 aromatic carbocycles. The largest absolute Gasteiger partial charge is 0.480 e. The maximum Gasteiger partial charge on any atom is 0.322 e. The lowest BCUT2D eigenvalue weighted by Gasteiger charge is -2.28. The van der Waals surface area contributed by atoms with E-state index in [2.05, 4.69) is 68.1 Å². The second-order valence-corrected chi connectivity index (χ2v) is 21.8. The molecule has 1 saturated heterocycles. The maximum atomic E-state index is 14.4. The number of hydrogen-bond acceptors (Lipinski definition) is 20. The van der Waals surface area contributed by atoms with Gasteiger partial charge >= 0.3 is 5.97 Å². The molecule has 0 bridgehead atoms. The van der Waals surface area contributed by atoms with Crippen LogP contribution in [-0.4, -0.2) is 216 Å². The number of imidazole rings is 1. The zero-order chi connectivity index (χ0) is 67.8. The van der Waals surface area contributed by atoms with E-state index >= 15 is 0 Å². The van der Waals surface area contributed by atoms with Gasteiger partial charge in [0.25, 0.3) is 0 Å². The molecule has 0 radical (unpaired) electrons. The first kappa shape index (κ1) is 78.5. The molecular formula is C55H98N22O14. The molecule has 9 atom stereocenters. The molecule has 1 fully saturated rings. The first-order chi connectivity index (χ1) is 43.4. The standard InChI is InChI=1S/C55H98N22O14/c1-2-3-12-35(71-51(88)38(17-10-23-65-55(62)63)74-50(87)36(14-5-7-20-57)72-48(85)34(13-4-6-19-56)69-43(79)27-60)49(86)73-37(16-9-22-59)52(89)75-39(25-32-28-64-31-68-32)47(84)66-29-44(80)77-24-11-18-41(77)54(91)76-40(26-42(61)78)53(90)70-33(15-8-21-58)46(83)67-30-45(81)82/h28,31,33-41H,2-27,29-30,56-60H2,1H3,(H2,61,78)(H,64,68)(H,66,84)(H,67,83)(H,69,79)(H,70,90)(H,71,88)(H,72,85)(H,73,86)(H,74,87)(H,75,89)(H,76,91)(H,81,82)(H4,62,63,65)/t33-,34-,35-,36-,37-,38-,39-,40-,41-/m0/s1. The number of H-pyrrole nitrogens is 1. The number of carboxylic acids is 1. The molecule has 1 aromatic rings. The van der Waals surface area contributed by atoms with Gasteiger partial charge in [-0.05, 0) is 122 Å². The number of nitrogens with one attached hydrogen (secondary N) is 11. The van der Waals surface area contributed by atoms with Crippen LogP contribution in [0.3, 0.4) is 0 Å². The predicted molar refractivity (Wildman–Crippen MR) is 331 cm³/mol. The summed E-state index contributed by atoms with van der Waals surface area (Å²) in [4.78, 5) is 186. The molecule has 1 aromatic heterocycles. The molecule has 28 N–H and O–H groups in total. The van der Waals surface area contributed by atoms with Crippen LogP contribution in [0.5, 0.6) is 0 Å². The Morgan fingerprint density at radius 1 is 0.560 bits per heavy atom. The third-order valence-corrected chi connectivity index (χ3v) is 14.4. The molecule has 1 aliphatic heterocycles. The summed E-state index contributed by atoms with van der Waals surface area (Å²) in [5.74, 6) is -11.5. The first-order valence-corrected chi connectivity index (χ1v) is 30.7. The highest BCUT2D eigenvalue weighted by Gasteiger charge is 2.38. The normalized spacial score (nSPS) is 15.3. The smallest absolute Gasteiger partial charge is 0.322 e. The highest BCUT2D eigenvalue weighted by molar-refractivity contribution is 5.99. The van der Waals surface area contributed by atoms with Crippen LogP contribution < -0.4 is 99.0 Å². The number of aromatic amines is 1. The van der Waals surface area contributed by atoms with Crippen LogP contribution in [-0.2, 0) is 68.7 Å². The van der Waals surface area contributed by atoms with E-state index in [4.69, 9.17) is 51.0 Å². The molecule has 91 heavy (non-hydrogen) atoms. The molecule has 36 nitrogen and oxygen atoms in total. The second-order valence-electron chi connectivity index (χ2n) is 21.8. The van der Waals surface area contributed by atoms with E-state index in [1.54, 1.807) is 0 Å². The highest BCUT2D eigenvalue weighted by Crippen LogP contribution is 2.19. The van der Waals surface area contributed by atoms with Gasteiger partial charge in [0.15, 0.2) is 5.96 Å². The van der Waals surface area contributed by atoms with Crippen molar-refractivity contribution in [2.45, 2.75) is 183 Å². The van der Waals surface area contributed by atoms with Gasteiger partial charge in [0.1, 0.15) is 60.9 Å². The van der Waals surface area contributed by atoms with Gasteiger partial charge in [0.05, 0.1) is 25.8 Å². The van der Waals surface area contributed by atoms with Gasteiger partial charge in [0, 0.05) is 31.4 Å². The predicted octanol–water partition coefficient (Wildman–Crippen LogP) is -8.05. The minimum absolute atomic E-state index is 0.0257. The fraction of sp³-hybridized carbons (Fsp3) is 0.691. The number of carbonyl (C=O) groups excluding carboxylic acids is 12. The summed E-state index contributed by atoms with van der Waals surface area (Å²) in [6, 6.07) is -11.9. The molecule has 2 rings (SSSR count). The van der Waals surface area contributed by atoms with Crippen LogP contribution in [0, 0.1) is 0 Å². The number of amides is 12. The van der Waals surface area contributed by atoms with Crippen LogP contribution in [0.25, 0.3) is 0 Å². The van der Waals surface area contributed by atoms with Crippen molar-refractivity contribution in [3.05, 3.63) is 18.2 Å². The lowest BCUT2D eigenvalue weighted by molar-refractivity contribution is -0.140. The molecular weight excluding hydrogens is 1190 g/mol. The number of hydrogen-bond donors (Lipinski definition) is 20. The van der Waals surface area contributed by atoms with Crippen LogP contribution in [0.4, 0.5) is 0 Å². The Labute approximate surface area is 528 Å². The third kappa shape index (κ3) is 30.6. The average Bonchev–Trinajstić information content (AvgIpc) is 2.17. The van der Waals surface area contributed by atoms with Gasteiger partial charge < -0.3 is 114 Å². The number of carboxylic acid groups (broad SMARTS) is 1. The Hall–Kier alpha value is -8.61. The van der Waals surface area contributed by atoms with Gasteiger partial charge in [-0.3, -0.25) is 67.3 Å². The van der Waals surface area contributed by atoms with Crippen molar-refractivity contribution in [3.63, 3.8) is 0 Å². The van der Waals surface area contributed by atoms with Crippen LogP contribution in [0.2, 0.25) is 0 Å². The topological polar surface area (TPSA) is 615 Å². The number of primary amides is 1. The second kappa shape index (κ2) is 44.0. The monoisotopic (exact) mass is 1290 g/mol. The van der Waals surface area contributed by atoms with E-state index in [1.165, 1.54) is 12.5 Å². The fourth-order valence-corrected chi connectivity index (χ4v) is 9.56. The Morgan fingerprint density at radius 3 is 1.45 bits per heavy atom. The number of aliphatic imine (C=N–C) groups is 1. The van der Waals surface area contributed by atoms with Gasteiger partial charge in [-0.15, -0.1) is 0 Å². The molecule has 0 spiro atoms. The summed E-state index contributed by atoms with van der Waals surface area (Å²) in [6.45, 7) is 0.857. The van der Waals surface area contributed by atoms with Crippen molar-refractivity contribution in [2.24, 2.45) is 50.9 Å². The number of unbranched alkanes of at least 4 members (excludes halogenated alkanes) is 3. The SMILES string of the molecule is CCCC[C@H](NC(=O)[C@H](CCCN=C(N)N)NC(=O)[C@H](CCCCN)NC(=O)[C@H](CCCCN)NC(=O)CN)C(=O)N[C@@H](CCCN)C(=O)N[C@@H](Cc1cnc[nH]1)C(=O)NCC(=O)N1CCC[C@H]1C(=O)N[C@@H](CC(N)=O)C(=O)N[C@@H](CCCN)C(=O)NCC(=O)O. The number of guanidine groups is 1. The maximum absolute atomic E-state index is 14.4. The molecule has 2 heterocycles. The Morgan fingerprint density at radius 2 is 1.00 bits per heavy atom. The number of aliphatic carboxylic acids is 1. The third-order valence-electron chi connectivity index (χ3n) is 14.4. The molecule has 0 saturated carbocycles. The Balaban J connectivity index is 2.39. The molecule has 0 aliphatic carbocycles. The van der Waals surface area contributed by atoms with E-state index in [0.29, 0.717) is 57.2 Å². The van der Waals surface area contributed by atoms with Crippen molar-refractivity contribution in [3.8, 4) is 0 Å². The van der Waals surface area contributed by atoms with Crippen LogP contribution in [0.1, 0.15) is 128 Å². The Kier molecular flexibility index (Phi) is 37.9. The number of likely N-dealkylation sites (tertiary alicyclic amines) is 1. The molecule has 512 valence electrons. The van der Waals surface area contributed by atoms with Gasteiger partial charge in [-0.2, -0.15) is 0 Å². The van der Waals surface area contributed by atoms with Crippen molar-refractivity contribution in [2.75, 3.05) is 58.9 Å². The number of aromatic nitrogens is 2. The lowest BCUT2D eigenvalue weighted by atomic mass is 10.0. The van der Waals surface area contributed by atoms with Crippen LogP contribution >= 0.6 is 0 Å². The summed E-state index contributed by atoms with van der Waals surface area (Å²) >= 11 is 0. The summed E-state index contributed by atoms with van der Waals surface area (Å²) < 4.78 is 0. The number of rotatable bonds is 47. The van der Waals surface area contributed by atoms with Crippen molar-refractivity contribution in [1.82, 2.24) is 68.0 Å². The lowest BCUT2D eigenvalue weighted by Crippen LogP contribution is -2.60. The zero-order valence-corrected chi connectivity index (χ0v) is 51.9. The van der Waals surface area contributed by atoms with Crippen LogP contribution in [0.15, 0.2) is 17.5 Å². The average molecular weight is 1290 g/mol. The van der Waals surface area contributed by atoms with E-state index < -0.39 is 157 Å². The summed E-state index contributed by atoms with van der Waals surface area (Å²) in [7, 11) is 0. The molecule has 1 aliphatic rings. The van der Waals surface area contributed by atoms with Crippen molar-refractivity contribution < 1.29 is 67.4 Å².